The number of benzene rings is 1. The van der Waals surface area contributed by atoms with Crippen molar-refractivity contribution >= 4 is 17.5 Å². The number of carbonyl (C=O) groups is 3. The number of rotatable bonds is 5. The van der Waals surface area contributed by atoms with Gasteiger partial charge in [0.25, 0.3) is 0 Å². The third kappa shape index (κ3) is 3.50. The van der Waals surface area contributed by atoms with Crippen LogP contribution in [0.15, 0.2) is 24.0 Å². The number of hydrogen-bond donors (Lipinski definition) is 1. The van der Waals surface area contributed by atoms with Gasteiger partial charge in [-0.2, -0.15) is 0 Å². The van der Waals surface area contributed by atoms with Crippen LogP contribution in [0.3, 0.4) is 0 Å². The number of Topliss-reactive ketones (excluding diaryl/α,β-unsaturated/α-hetero) is 1. The molecule has 0 amide bonds. The normalized spacial score (nSPS) is 31.3. The molecule has 4 saturated carbocycles. The SMILES string of the molecule is COc1cc(O)c(C(=O)OCC2=CC(=O)C(=O)CO2)cc1C12CC3CC(CC(C3)C1)C2. The van der Waals surface area contributed by atoms with Crippen molar-refractivity contribution in [1.82, 2.24) is 0 Å². The molecule has 7 nitrogen and oxygen atoms in total. The average molecular weight is 426 g/mol. The fourth-order valence-corrected chi connectivity index (χ4v) is 6.55. The van der Waals surface area contributed by atoms with Crippen LogP contribution >= 0.6 is 0 Å². The van der Waals surface area contributed by atoms with Crippen molar-refractivity contribution in [3.63, 3.8) is 0 Å². The largest absolute Gasteiger partial charge is 0.507 e. The Kier molecular flexibility index (Phi) is 4.79. The van der Waals surface area contributed by atoms with E-state index in [1.807, 2.05) is 0 Å². The molecule has 31 heavy (non-hydrogen) atoms. The van der Waals surface area contributed by atoms with Crippen molar-refractivity contribution in [2.24, 2.45) is 17.8 Å². The molecule has 7 heteroatoms. The van der Waals surface area contributed by atoms with Crippen LogP contribution in [0.1, 0.15) is 54.4 Å². The molecule has 0 radical (unpaired) electrons. The maximum atomic E-state index is 12.8. The Bertz CT molecular complexity index is 955. The van der Waals surface area contributed by atoms with Crippen molar-refractivity contribution in [2.75, 3.05) is 20.3 Å². The molecule has 1 aromatic rings. The first kappa shape index (κ1) is 20.1. The molecule has 1 heterocycles. The minimum atomic E-state index is -0.708. The van der Waals surface area contributed by atoms with Gasteiger partial charge in [-0.3, -0.25) is 9.59 Å². The number of phenols is 1. The summed E-state index contributed by atoms with van der Waals surface area (Å²) >= 11 is 0. The van der Waals surface area contributed by atoms with E-state index in [0.717, 1.165) is 48.7 Å². The van der Waals surface area contributed by atoms with Gasteiger partial charge in [0, 0.05) is 17.7 Å². The van der Waals surface area contributed by atoms with Gasteiger partial charge in [-0.05, 0) is 67.8 Å². The van der Waals surface area contributed by atoms with Crippen LogP contribution in [0, 0.1) is 17.8 Å². The van der Waals surface area contributed by atoms with Gasteiger partial charge in [-0.25, -0.2) is 4.79 Å². The highest BCUT2D eigenvalue weighted by molar-refractivity contribution is 6.42. The van der Waals surface area contributed by atoms with E-state index in [1.54, 1.807) is 13.2 Å². The lowest BCUT2D eigenvalue weighted by Crippen LogP contribution is -2.48. The highest BCUT2D eigenvalue weighted by atomic mass is 16.6. The Labute approximate surface area is 180 Å². The molecule has 4 bridgehead atoms. The minimum absolute atomic E-state index is 0.0232. The first-order chi connectivity index (χ1) is 14.9. The maximum Gasteiger partial charge on any atom is 0.342 e. The van der Waals surface area contributed by atoms with Gasteiger partial charge in [0.15, 0.2) is 6.61 Å². The summed E-state index contributed by atoms with van der Waals surface area (Å²) in [6.07, 6.45) is 8.19. The van der Waals surface area contributed by atoms with Crippen LogP contribution in [-0.4, -0.2) is 43.0 Å². The average Bonchev–Trinajstić information content (AvgIpc) is 2.73. The standard InChI is InChI=1S/C24H26O7/c1-29-22-7-19(25)17(23(28)31-11-16-5-20(26)21(27)12-30-16)6-18(22)24-8-13-2-14(9-24)4-15(3-13)10-24/h5-7,13-15,25H,2-4,8-12H2,1H3. The monoisotopic (exact) mass is 426 g/mol. The summed E-state index contributed by atoms with van der Waals surface area (Å²) in [5.74, 6) is 0.657. The van der Waals surface area contributed by atoms with Crippen LogP contribution in [0.5, 0.6) is 11.5 Å². The van der Waals surface area contributed by atoms with Crippen molar-refractivity contribution in [2.45, 2.75) is 43.9 Å². The molecule has 4 fully saturated rings. The summed E-state index contributed by atoms with van der Waals surface area (Å²) in [6.45, 7) is -0.637. The van der Waals surface area contributed by atoms with Gasteiger partial charge in [0.05, 0.1) is 7.11 Å². The predicted molar refractivity (Wildman–Crippen MR) is 109 cm³/mol. The molecule has 0 spiro atoms. The van der Waals surface area contributed by atoms with E-state index in [2.05, 4.69) is 0 Å². The van der Waals surface area contributed by atoms with E-state index in [1.165, 1.54) is 25.3 Å². The molecule has 0 unspecified atom stereocenters. The smallest absolute Gasteiger partial charge is 0.342 e. The lowest BCUT2D eigenvalue weighted by Gasteiger charge is -2.57. The van der Waals surface area contributed by atoms with Gasteiger partial charge in [0.2, 0.25) is 11.6 Å². The van der Waals surface area contributed by atoms with Crippen LogP contribution < -0.4 is 4.74 Å². The number of esters is 1. The number of phenolic OH excluding ortho intramolecular Hbond substituents is 1. The van der Waals surface area contributed by atoms with Gasteiger partial charge < -0.3 is 19.3 Å². The third-order valence-electron chi connectivity index (χ3n) is 7.45. The van der Waals surface area contributed by atoms with Crippen LogP contribution in [0.25, 0.3) is 0 Å². The molecule has 4 aliphatic carbocycles. The topological polar surface area (TPSA) is 99.1 Å². The van der Waals surface area contributed by atoms with Crippen LogP contribution in [-0.2, 0) is 24.5 Å². The Morgan fingerprint density at radius 1 is 1.13 bits per heavy atom. The van der Waals surface area contributed by atoms with E-state index in [4.69, 9.17) is 14.2 Å². The highest BCUT2D eigenvalue weighted by Gasteiger charge is 2.52. The van der Waals surface area contributed by atoms with E-state index in [9.17, 15) is 19.5 Å². The van der Waals surface area contributed by atoms with Gasteiger partial charge in [-0.1, -0.05) is 0 Å². The zero-order valence-corrected chi connectivity index (χ0v) is 17.5. The van der Waals surface area contributed by atoms with Crippen molar-refractivity contribution in [1.29, 1.82) is 0 Å². The molecule has 5 aliphatic rings. The maximum absolute atomic E-state index is 12.8. The first-order valence-electron chi connectivity index (χ1n) is 10.9. The fourth-order valence-electron chi connectivity index (χ4n) is 6.55. The van der Waals surface area contributed by atoms with Crippen LogP contribution in [0.2, 0.25) is 0 Å². The van der Waals surface area contributed by atoms with E-state index in [-0.39, 0.29) is 35.7 Å². The number of carbonyl (C=O) groups excluding carboxylic acids is 3. The summed E-state index contributed by atoms with van der Waals surface area (Å²) < 4.78 is 16.0. The zero-order valence-electron chi connectivity index (χ0n) is 17.5. The van der Waals surface area contributed by atoms with E-state index in [0.29, 0.717) is 5.75 Å². The second-order valence-electron chi connectivity index (χ2n) is 9.53. The number of ketones is 2. The summed E-state index contributed by atoms with van der Waals surface area (Å²) in [4.78, 5) is 35.5. The summed E-state index contributed by atoms with van der Waals surface area (Å²) in [5, 5.41) is 10.5. The number of aromatic hydroxyl groups is 1. The Morgan fingerprint density at radius 2 is 1.77 bits per heavy atom. The molecule has 164 valence electrons. The summed E-state index contributed by atoms with van der Waals surface area (Å²) in [5.41, 5.74) is 1.03. The number of methoxy groups -OCH3 is 1. The van der Waals surface area contributed by atoms with Crippen molar-refractivity contribution in [3.8, 4) is 11.5 Å². The van der Waals surface area contributed by atoms with Gasteiger partial charge in [-0.15, -0.1) is 0 Å². The van der Waals surface area contributed by atoms with Gasteiger partial charge in [0.1, 0.15) is 29.4 Å². The quantitative estimate of drug-likeness (QED) is 0.571. The van der Waals surface area contributed by atoms with E-state index >= 15 is 0 Å². The second-order valence-corrected chi connectivity index (χ2v) is 9.53. The molecule has 1 aromatic carbocycles. The number of ether oxygens (including phenoxy) is 3. The Hall–Kier alpha value is -2.83. The summed E-state index contributed by atoms with van der Waals surface area (Å²) in [6, 6.07) is 3.23. The molecule has 6 rings (SSSR count). The third-order valence-corrected chi connectivity index (χ3v) is 7.45. The number of hydrogen-bond acceptors (Lipinski definition) is 7. The molecule has 0 saturated heterocycles. The number of allylic oxidation sites excluding steroid dienone is 1. The molecule has 1 N–H and O–H groups in total. The summed E-state index contributed by atoms with van der Waals surface area (Å²) in [7, 11) is 1.59. The lowest BCUT2D eigenvalue weighted by atomic mass is 9.48. The molecule has 0 atom stereocenters. The second kappa shape index (κ2) is 7.39. The van der Waals surface area contributed by atoms with Crippen LogP contribution in [0.4, 0.5) is 0 Å². The van der Waals surface area contributed by atoms with Crippen molar-refractivity contribution < 1.29 is 33.7 Å². The van der Waals surface area contributed by atoms with Crippen molar-refractivity contribution in [3.05, 3.63) is 35.1 Å². The Balaban J connectivity index is 1.41. The highest BCUT2D eigenvalue weighted by Crippen LogP contribution is 2.62. The lowest BCUT2D eigenvalue weighted by molar-refractivity contribution is -0.137. The molecular weight excluding hydrogens is 400 g/mol. The molecule has 1 aliphatic heterocycles. The van der Waals surface area contributed by atoms with E-state index < -0.39 is 17.5 Å². The molecule has 0 aromatic heterocycles. The first-order valence-corrected chi connectivity index (χ1v) is 10.9. The minimum Gasteiger partial charge on any atom is -0.507 e. The zero-order chi connectivity index (χ0) is 21.8. The Morgan fingerprint density at radius 3 is 2.35 bits per heavy atom. The molecular formula is C24H26O7. The predicted octanol–water partition coefficient (Wildman–Crippen LogP) is 3.08. The fraction of sp³-hybridized carbons (Fsp3) is 0.542. The van der Waals surface area contributed by atoms with Gasteiger partial charge >= 0.3 is 5.97 Å².